The zero-order valence-corrected chi connectivity index (χ0v) is 22.1. The molecule has 4 aromatic rings. The first-order valence-corrected chi connectivity index (χ1v) is 14.5. The van der Waals surface area contributed by atoms with E-state index in [2.05, 4.69) is 20.5 Å². The zero-order chi connectivity index (χ0) is 26.0. The molecule has 0 spiro atoms. The van der Waals surface area contributed by atoms with Crippen molar-refractivity contribution >= 4 is 60.1 Å². The van der Waals surface area contributed by atoms with E-state index in [1.807, 2.05) is 29.1 Å². The van der Waals surface area contributed by atoms with E-state index in [0.29, 0.717) is 16.6 Å². The molecule has 0 unspecified atom stereocenters. The molecule has 192 valence electrons. The van der Waals surface area contributed by atoms with Crippen LogP contribution in [-0.4, -0.2) is 60.2 Å². The fourth-order valence-corrected chi connectivity index (χ4v) is 6.50. The van der Waals surface area contributed by atoms with Gasteiger partial charge in [-0.2, -0.15) is 0 Å². The van der Waals surface area contributed by atoms with Crippen LogP contribution < -0.4 is 10.6 Å². The average molecular weight is 558 g/mol. The quantitative estimate of drug-likeness (QED) is 0.328. The Hall–Kier alpha value is -3.25. The van der Waals surface area contributed by atoms with E-state index >= 15 is 0 Å². The molecule has 1 aliphatic rings. The lowest BCUT2D eigenvalue weighted by Gasteiger charge is -2.30. The van der Waals surface area contributed by atoms with E-state index < -0.39 is 21.8 Å². The molecule has 1 aliphatic heterocycles. The van der Waals surface area contributed by atoms with Gasteiger partial charge in [-0.15, -0.1) is 0 Å². The molecule has 0 radical (unpaired) electrons. The maximum atomic E-state index is 12.8. The van der Waals surface area contributed by atoms with Crippen molar-refractivity contribution in [1.29, 1.82) is 0 Å². The Morgan fingerprint density at radius 1 is 1.08 bits per heavy atom. The largest absolute Gasteiger partial charge is 0.327 e. The molecule has 0 aliphatic carbocycles. The Morgan fingerprint density at radius 3 is 2.59 bits per heavy atom. The number of imide groups is 1. The second-order valence-corrected chi connectivity index (χ2v) is 12.2. The predicted octanol–water partition coefficient (Wildman–Crippen LogP) is 4.57. The zero-order valence-electron chi connectivity index (χ0n) is 19.7. The topological polar surface area (TPSA) is 113 Å². The van der Waals surface area contributed by atoms with Gasteiger partial charge in [0.2, 0.25) is 0 Å². The Morgan fingerprint density at radius 2 is 1.86 bits per heavy atom. The highest BCUT2D eigenvalue weighted by Crippen LogP contribution is 2.29. The number of hydrogen-bond acceptors (Lipinski definition) is 7. The summed E-state index contributed by atoms with van der Waals surface area (Å²) in [5, 5.41) is 5.25. The Bertz CT molecular complexity index is 1560. The highest BCUT2D eigenvalue weighted by atomic mass is 35.5. The van der Waals surface area contributed by atoms with Crippen molar-refractivity contribution < 1.29 is 18.0 Å². The molecule has 0 atom stereocenters. The third-order valence-electron chi connectivity index (χ3n) is 6.10. The Labute approximate surface area is 223 Å². The number of likely N-dealkylation sites (tertiary alicyclic amines) is 1. The predicted molar refractivity (Wildman–Crippen MR) is 145 cm³/mol. The molecule has 1 fully saturated rings. The first kappa shape index (κ1) is 25.4. The number of rotatable bonds is 8. The second kappa shape index (κ2) is 10.6. The van der Waals surface area contributed by atoms with Gasteiger partial charge in [0.05, 0.1) is 31.5 Å². The van der Waals surface area contributed by atoms with Crippen LogP contribution in [0, 0.1) is 0 Å². The van der Waals surface area contributed by atoms with Gasteiger partial charge in [-0.25, -0.2) is 18.2 Å². The first-order valence-electron chi connectivity index (χ1n) is 11.7. The van der Waals surface area contributed by atoms with Gasteiger partial charge in [-0.1, -0.05) is 22.9 Å². The first-order chi connectivity index (χ1) is 17.8. The fraction of sp³-hybridized carbons (Fsp3) is 0.240. The van der Waals surface area contributed by atoms with Crippen molar-refractivity contribution in [2.75, 3.05) is 30.7 Å². The molecule has 0 saturated carbocycles. The SMILES string of the molecule is O=C(NC(=O)c1cc(-n2cccc2)ccc1Cl)Nc1nc2ccc(S(=O)(=O)CCCN3CCC3)cc2s1. The molecular formula is C25H24ClN5O4S2. The molecule has 3 heterocycles. The van der Waals surface area contributed by atoms with Crippen LogP contribution in [-0.2, 0) is 9.84 Å². The molecule has 0 bridgehead atoms. The van der Waals surface area contributed by atoms with Gasteiger partial charge >= 0.3 is 6.03 Å². The van der Waals surface area contributed by atoms with Crippen molar-refractivity contribution in [2.45, 2.75) is 17.7 Å². The molecule has 2 aromatic heterocycles. The highest BCUT2D eigenvalue weighted by molar-refractivity contribution is 7.91. The van der Waals surface area contributed by atoms with Crippen LogP contribution in [0.15, 0.2) is 65.8 Å². The molecule has 37 heavy (non-hydrogen) atoms. The van der Waals surface area contributed by atoms with Crippen molar-refractivity contribution in [2.24, 2.45) is 0 Å². The van der Waals surface area contributed by atoms with Crippen LogP contribution in [0.5, 0.6) is 0 Å². The molecule has 3 amide bonds. The molecule has 5 rings (SSSR count). The normalized spacial score (nSPS) is 13.9. The number of carbonyl (C=O) groups excluding carboxylic acids is 2. The number of hydrogen-bond donors (Lipinski definition) is 2. The van der Waals surface area contributed by atoms with Crippen LogP contribution in [0.1, 0.15) is 23.2 Å². The van der Waals surface area contributed by atoms with Gasteiger partial charge in [0, 0.05) is 18.1 Å². The third kappa shape index (κ3) is 5.85. The molecule has 12 heteroatoms. The number of aromatic nitrogens is 2. The van der Waals surface area contributed by atoms with E-state index in [9.17, 15) is 18.0 Å². The van der Waals surface area contributed by atoms with Gasteiger partial charge < -0.3 is 9.47 Å². The van der Waals surface area contributed by atoms with Crippen LogP contribution in [0.25, 0.3) is 15.9 Å². The Kier molecular flexibility index (Phi) is 7.29. The summed E-state index contributed by atoms with van der Waals surface area (Å²) in [6.45, 7) is 2.86. The van der Waals surface area contributed by atoms with E-state index in [4.69, 9.17) is 11.6 Å². The second-order valence-electron chi connectivity index (χ2n) is 8.68. The highest BCUT2D eigenvalue weighted by Gasteiger charge is 2.20. The number of benzene rings is 2. The maximum Gasteiger partial charge on any atom is 0.327 e. The van der Waals surface area contributed by atoms with Crippen molar-refractivity contribution in [3.63, 3.8) is 0 Å². The summed E-state index contributed by atoms with van der Waals surface area (Å²) in [4.78, 5) is 32.0. The third-order valence-corrected chi connectivity index (χ3v) is 9.16. The van der Waals surface area contributed by atoms with E-state index in [1.165, 1.54) is 12.5 Å². The minimum absolute atomic E-state index is 0.0809. The van der Waals surface area contributed by atoms with Crippen LogP contribution >= 0.6 is 22.9 Å². The van der Waals surface area contributed by atoms with Crippen molar-refractivity contribution in [1.82, 2.24) is 19.8 Å². The minimum atomic E-state index is -3.42. The summed E-state index contributed by atoms with van der Waals surface area (Å²) in [6, 6.07) is 12.6. The minimum Gasteiger partial charge on any atom is -0.324 e. The van der Waals surface area contributed by atoms with Crippen molar-refractivity contribution in [3.05, 3.63) is 71.5 Å². The van der Waals surface area contributed by atoms with Gasteiger partial charge in [-0.05, 0) is 81.0 Å². The number of anilines is 1. The smallest absolute Gasteiger partial charge is 0.324 e. The molecule has 1 saturated heterocycles. The number of amides is 3. The lowest BCUT2D eigenvalue weighted by atomic mass is 10.2. The average Bonchev–Trinajstić information content (AvgIpc) is 3.50. The van der Waals surface area contributed by atoms with Gasteiger partial charge in [0.1, 0.15) is 0 Å². The van der Waals surface area contributed by atoms with E-state index in [1.54, 1.807) is 30.3 Å². The number of halogens is 1. The van der Waals surface area contributed by atoms with Crippen LogP contribution in [0.3, 0.4) is 0 Å². The van der Waals surface area contributed by atoms with Gasteiger partial charge in [-0.3, -0.25) is 15.4 Å². The lowest BCUT2D eigenvalue weighted by Crippen LogP contribution is -2.38. The lowest BCUT2D eigenvalue weighted by molar-refractivity contribution is 0.0967. The van der Waals surface area contributed by atoms with Crippen molar-refractivity contribution in [3.8, 4) is 5.69 Å². The molecular weight excluding hydrogens is 534 g/mol. The summed E-state index contributed by atoms with van der Waals surface area (Å²) >= 11 is 7.32. The van der Waals surface area contributed by atoms with E-state index in [-0.39, 0.29) is 26.4 Å². The molecule has 9 nitrogen and oxygen atoms in total. The van der Waals surface area contributed by atoms with Crippen LogP contribution in [0.4, 0.5) is 9.93 Å². The fourth-order valence-electron chi connectivity index (χ4n) is 4.01. The summed E-state index contributed by atoms with van der Waals surface area (Å²) in [5.74, 6) is -0.582. The number of fused-ring (bicyclic) bond motifs is 1. The number of nitrogens with zero attached hydrogens (tertiary/aromatic N) is 3. The monoisotopic (exact) mass is 557 g/mol. The number of thiazole rings is 1. The Balaban J connectivity index is 1.24. The van der Waals surface area contributed by atoms with Gasteiger partial charge in [0.15, 0.2) is 15.0 Å². The summed E-state index contributed by atoms with van der Waals surface area (Å²) in [5.41, 5.74) is 1.42. The number of sulfone groups is 1. The summed E-state index contributed by atoms with van der Waals surface area (Å²) in [6.07, 6.45) is 5.42. The molecule has 2 N–H and O–H groups in total. The molecule has 2 aromatic carbocycles. The maximum absolute atomic E-state index is 12.8. The number of carbonyl (C=O) groups is 2. The summed E-state index contributed by atoms with van der Waals surface area (Å²) < 4.78 is 28.0. The van der Waals surface area contributed by atoms with Gasteiger partial charge in [0.25, 0.3) is 5.91 Å². The van der Waals surface area contributed by atoms with E-state index in [0.717, 1.165) is 36.7 Å². The summed E-state index contributed by atoms with van der Waals surface area (Å²) in [7, 11) is -3.42. The standard InChI is InChI=1S/C25H24ClN5O4S2/c26-20-7-5-17(31-12-1-2-13-31)15-19(20)23(32)28-24(33)29-25-27-21-8-6-18(16-22(21)36-25)37(34,35)14-4-11-30-9-3-10-30/h1-2,5-8,12-13,15-16H,3-4,9-11,14H2,(H2,27,28,29,32,33). The van der Waals surface area contributed by atoms with Crippen LogP contribution in [0.2, 0.25) is 5.02 Å². The number of urea groups is 1. The number of nitrogens with one attached hydrogen (secondary N) is 2.